The van der Waals surface area contributed by atoms with Crippen LogP contribution >= 0.6 is 11.8 Å². The van der Waals surface area contributed by atoms with Crippen LogP contribution in [-0.4, -0.2) is 35.0 Å². The van der Waals surface area contributed by atoms with Crippen molar-refractivity contribution in [2.45, 2.75) is 55.5 Å². The first kappa shape index (κ1) is 17.9. The van der Waals surface area contributed by atoms with Crippen LogP contribution in [0.15, 0.2) is 48.1 Å². The average molecular weight is 382 g/mol. The van der Waals surface area contributed by atoms with Crippen molar-refractivity contribution in [2.24, 2.45) is 0 Å². The number of hydrogen-bond acceptors (Lipinski definition) is 6. The first-order valence-electron chi connectivity index (χ1n) is 9.36. The lowest BCUT2D eigenvalue weighted by Crippen LogP contribution is -2.12. The Bertz CT molecular complexity index is 881. The van der Waals surface area contributed by atoms with Gasteiger partial charge in [0, 0.05) is 12.5 Å². The van der Waals surface area contributed by atoms with Gasteiger partial charge in [0.25, 0.3) is 0 Å². The lowest BCUT2D eigenvalue weighted by molar-refractivity contribution is 0.415. The molecule has 0 saturated heterocycles. The molecule has 8 heteroatoms. The molecule has 1 aromatic carbocycles. The number of thioether (sulfide) groups is 1. The minimum atomic E-state index is 0.509. The molecule has 140 valence electrons. The van der Waals surface area contributed by atoms with E-state index in [1.54, 1.807) is 16.4 Å². The van der Waals surface area contributed by atoms with E-state index in [0.29, 0.717) is 11.7 Å². The van der Waals surface area contributed by atoms with Crippen molar-refractivity contribution < 1.29 is 0 Å². The summed E-state index contributed by atoms with van der Waals surface area (Å²) in [4.78, 5) is 0. The summed E-state index contributed by atoms with van der Waals surface area (Å²) in [5.41, 5.74) is 0.952. The van der Waals surface area contributed by atoms with Gasteiger partial charge in [-0.15, -0.1) is 21.9 Å². The summed E-state index contributed by atoms with van der Waals surface area (Å²) in [6, 6.07) is 9.92. The summed E-state index contributed by atoms with van der Waals surface area (Å²) >= 11 is 1.62. The van der Waals surface area contributed by atoms with E-state index in [-0.39, 0.29) is 0 Å². The maximum Gasteiger partial charge on any atom is 0.191 e. The van der Waals surface area contributed by atoms with Crippen molar-refractivity contribution in [1.29, 1.82) is 0 Å². The highest BCUT2D eigenvalue weighted by Crippen LogP contribution is 2.33. The standard InChI is InChI=1S/C19H23N7S/c1-2-13-25-18(15-9-5-3-6-10-15)21-22-19(25)27-14-17-20-23-24-26(17)16-11-7-4-8-12-16/h2,4,7-8,11-12,15H,1,3,5-6,9-10,13-14H2. The Morgan fingerprint density at radius 2 is 1.89 bits per heavy atom. The van der Waals surface area contributed by atoms with E-state index < -0.39 is 0 Å². The molecule has 0 bridgehead atoms. The molecule has 0 amide bonds. The number of para-hydroxylation sites is 1. The number of nitrogens with zero attached hydrogens (tertiary/aromatic N) is 7. The Morgan fingerprint density at radius 3 is 2.67 bits per heavy atom. The second-order valence-electron chi connectivity index (χ2n) is 6.71. The fourth-order valence-corrected chi connectivity index (χ4v) is 4.43. The molecule has 1 aliphatic rings. The Labute approximate surface area is 162 Å². The zero-order valence-corrected chi connectivity index (χ0v) is 16.1. The highest BCUT2D eigenvalue weighted by atomic mass is 32.2. The van der Waals surface area contributed by atoms with E-state index in [4.69, 9.17) is 0 Å². The average Bonchev–Trinajstić information content (AvgIpc) is 3.35. The number of aromatic nitrogens is 7. The monoisotopic (exact) mass is 381 g/mol. The van der Waals surface area contributed by atoms with E-state index in [1.165, 1.54) is 32.1 Å². The van der Waals surface area contributed by atoms with E-state index in [1.807, 2.05) is 36.4 Å². The summed E-state index contributed by atoms with van der Waals surface area (Å²) in [5.74, 6) is 3.02. The van der Waals surface area contributed by atoms with Gasteiger partial charge in [-0.25, -0.2) is 0 Å². The zero-order valence-electron chi connectivity index (χ0n) is 15.2. The Morgan fingerprint density at radius 1 is 1.07 bits per heavy atom. The lowest BCUT2D eigenvalue weighted by atomic mass is 9.89. The summed E-state index contributed by atoms with van der Waals surface area (Å²) < 4.78 is 3.97. The fraction of sp³-hybridized carbons (Fsp3) is 0.421. The van der Waals surface area contributed by atoms with Crippen LogP contribution in [0, 0.1) is 0 Å². The molecule has 4 rings (SSSR count). The van der Waals surface area contributed by atoms with E-state index in [2.05, 4.69) is 36.9 Å². The quantitative estimate of drug-likeness (QED) is 0.458. The van der Waals surface area contributed by atoms with Gasteiger partial charge in [0.2, 0.25) is 0 Å². The van der Waals surface area contributed by atoms with Crippen molar-refractivity contribution in [1.82, 2.24) is 35.0 Å². The molecule has 2 aromatic heterocycles. The maximum absolute atomic E-state index is 4.52. The van der Waals surface area contributed by atoms with Crippen LogP contribution in [0.5, 0.6) is 0 Å². The molecule has 0 spiro atoms. The highest BCUT2D eigenvalue weighted by Gasteiger charge is 2.23. The molecule has 1 saturated carbocycles. The second kappa shape index (κ2) is 8.47. The van der Waals surface area contributed by atoms with Gasteiger partial charge < -0.3 is 4.57 Å². The normalized spacial score (nSPS) is 15.1. The third-order valence-corrected chi connectivity index (χ3v) is 5.86. The van der Waals surface area contributed by atoms with Gasteiger partial charge in [-0.05, 0) is 35.4 Å². The predicted molar refractivity (Wildman–Crippen MR) is 105 cm³/mol. The lowest BCUT2D eigenvalue weighted by Gasteiger charge is -2.21. The summed E-state index contributed by atoms with van der Waals surface area (Å²) in [6.45, 7) is 4.63. The van der Waals surface area contributed by atoms with E-state index in [9.17, 15) is 0 Å². The number of allylic oxidation sites excluding steroid dienone is 1. The second-order valence-corrected chi connectivity index (χ2v) is 7.65. The number of hydrogen-bond donors (Lipinski definition) is 0. The Hall–Kier alpha value is -2.48. The number of benzene rings is 1. The Kier molecular flexibility index (Phi) is 5.62. The van der Waals surface area contributed by atoms with E-state index >= 15 is 0 Å². The summed E-state index contributed by atoms with van der Waals surface area (Å²) in [7, 11) is 0. The SMILES string of the molecule is C=CCn1c(SCc2nnnn2-c2ccccc2)nnc1C1CCCCC1. The van der Waals surface area contributed by atoms with Gasteiger partial charge in [0.15, 0.2) is 11.0 Å². The molecular weight excluding hydrogens is 358 g/mol. The first-order chi connectivity index (χ1) is 13.4. The van der Waals surface area contributed by atoms with Crippen molar-refractivity contribution in [2.75, 3.05) is 0 Å². The molecular formula is C19H23N7S. The van der Waals surface area contributed by atoms with Gasteiger partial charge in [0.05, 0.1) is 11.4 Å². The van der Waals surface area contributed by atoms with Crippen LogP contribution in [0.2, 0.25) is 0 Å². The topological polar surface area (TPSA) is 74.3 Å². The third-order valence-electron chi connectivity index (χ3n) is 4.89. The molecule has 3 aromatic rings. The minimum Gasteiger partial charge on any atom is -0.302 e. The molecule has 1 fully saturated rings. The third kappa shape index (κ3) is 3.95. The molecule has 7 nitrogen and oxygen atoms in total. The molecule has 0 aliphatic heterocycles. The van der Waals surface area contributed by atoms with Gasteiger partial charge in [0.1, 0.15) is 5.82 Å². The van der Waals surface area contributed by atoms with Gasteiger partial charge in [-0.2, -0.15) is 4.68 Å². The smallest absolute Gasteiger partial charge is 0.191 e. The molecule has 1 aliphatic carbocycles. The van der Waals surface area contributed by atoms with Crippen LogP contribution in [0.4, 0.5) is 0 Å². The molecule has 0 N–H and O–H groups in total. The number of rotatable bonds is 7. The molecule has 0 atom stereocenters. The molecule has 27 heavy (non-hydrogen) atoms. The molecule has 0 unspecified atom stereocenters. The van der Waals surface area contributed by atoms with Gasteiger partial charge >= 0.3 is 0 Å². The van der Waals surface area contributed by atoms with Crippen LogP contribution < -0.4 is 0 Å². The largest absolute Gasteiger partial charge is 0.302 e. The van der Waals surface area contributed by atoms with E-state index in [0.717, 1.165) is 29.0 Å². The predicted octanol–water partition coefficient (Wildman–Crippen LogP) is 3.78. The van der Waals surface area contributed by atoms with Crippen LogP contribution in [0.1, 0.15) is 49.7 Å². The van der Waals surface area contributed by atoms with Crippen LogP contribution in [0.3, 0.4) is 0 Å². The Balaban J connectivity index is 1.53. The van der Waals surface area contributed by atoms with Crippen molar-refractivity contribution in [3.8, 4) is 5.69 Å². The van der Waals surface area contributed by atoms with Crippen molar-refractivity contribution in [3.05, 3.63) is 54.6 Å². The highest BCUT2D eigenvalue weighted by molar-refractivity contribution is 7.98. The molecule has 2 heterocycles. The maximum atomic E-state index is 4.52. The van der Waals surface area contributed by atoms with Gasteiger partial charge in [-0.1, -0.05) is 55.3 Å². The zero-order chi connectivity index (χ0) is 18.5. The van der Waals surface area contributed by atoms with Crippen molar-refractivity contribution in [3.63, 3.8) is 0 Å². The molecule has 0 radical (unpaired) electrons. The summed E-state index contributed by atoms with van der Waals surface area (Å²) in [6.07, 6.45) is 8.20. The van der Waals surface area contributed by atoms with Crippen molar-refractivity contribution >= 4 is 11.8 Å². The van der Waals surface area contributed by atoms with Gasteiger partial charge in [-0.3, -0.25) is 0 Å². The summed E-state index contributed by atoms with van der Waals surface area (Å²) in [5, 5.41) is 22.0. The number of tetrazole rings is 1. The van der Waals surface area contributed by atoms with Crippen LogP contribution in [0.25, 0.3) is 5.69 Å². The van der Waals surface area contributed by atoms with Crippen LogP contribution in [-0.2, 0) is 12.3 Å². The fourth-order valence-electron chi connectivity index (χ4n) is 3.56. The minimum absolute atomic E-state index is 0.509. The first-order valence-corrected chi connectivity index (χ1v) is 10.3.